The zero-order valence-corrected chi connectivity index (χ0v) is 18.7. The molecular formula is C23H28FN3O3S. The highest BCUT2D eigenvalue weighted by atomic mass is 32.1. The third kappa shape index (κ3) is 5.14. The summed E-state index contributed by atoms with van der Waals surface area (Å²) in [6, 6.07) is 9.94. The zero-order chi connectivity index (χ0) is 22.0. The predicted molar refractivity (Wildman–Crippen MR) is 118 cm³/mol. The first kappa shape index (κ1) is 21.9. The fourth-order valence-electron chi connectivity index (χ4n) is 4.36. The summed E-state index contributed by atoms with van der Waals surface area (Å²) in [6.07, 6.45) is 0.839. The standard InChI is InChI=1S/C23H28FN3O3S/c1-16-3-8-20(31-16)22(29)27-11-9-23(10-12-27)15-26(2)14-19(30-23)21(28)25-13-17-4-6-18(24)7-5-17/h3-8,19H,9-15H2,1-2H3,(H,25,28)/t19-/m0/s1. The number of benzene rings is 1. The first-order valence-electron chi connectivity index (χ1n) is 10.6. The number of thiophene rings is 1. The van der Waals surface area contributed by atoms with E-state index < -0.39 is 11.7 Å². The van der Waals surface area contributed by atoms with Gasteiger partial charge in [0.15, 0.2) is 0 Å². The molecule has 166 valence electrons. The van der Waals surface area contributed by atoms with Crippen molar-refractivity contribution >= 4 is 23.2 Å². The molecule has 6 nitrogen and oxygen atoms in total. The van der Waals surface area contributed by atoms with E-state index in [1.165, 1.54) is 23.5 Å². The summed E-state index contributed by atoms with van der Waals surface area (Å²) in [5.74, 6) is -0.387. The largest absolute Gasteiger partial charge is 0.359 e. The van der Waals surface area contributed by atoms with Crippen LogP contribution in [0.1, 0.15) is 33.0 Å². The molecule has 2 fully saturated rings. The van der Waals surface area contributed by atoms with Crippen molar-refractivity contribution in [2.45, 2.75) is 38.0 Å². The van der Waals surface area contributed by atoms with Crippen LogP contribution < -0.4 is 5.32 Å². The molecule has 8 heteroatoms. The molecule has 1 spiro atoms. The van der Waals surface area contributed by atoms with Crippen molar-refractivity contribution in [2.75, 3.05) is 33.2 Å². The molecule has 0 radical (unpaired) electrons. The van der Waals surface area contributed by atoms with Crippen LogP contribution in [-0.4, -0.2) is 66.5 Å². The number of halogens is 1. The molecule has 0 unspecified atom stereocenters. The lowest BCUT2D eigenvalue weighted by Gasteiger charge is -2.48. The monoisotopic (exact) mass is 445 g/mol. The number of carbonyl (C=O) groups is 2. The highest BCUT2D eigenvalue weighted by Crippen LogP contribution is 2.33. The second kappa shape index (κ2) is 9.06. The Balaban J connectivity index is 1.34. The molecule has 2 saturated heterocycles. The van der Waals surface area contributed by atoms with E-state index in [-0.39, 0.29) is 17.6 Å². The average Bonchev–Trinajstić information content (AvgIpc) is 3.19. The molecule has 2 aliphatic rings. The topological polar surface area (TPSA) is 61.9 Å². The number of nitrogens with one attached hydrogen (secondary N) is 1. The van der Waals surface area contributed by atoms with Crippen molar-refractivity contribution in [3.8, 4) is 0 Å². The summed E-state index contributed by atoms with van der Waals surface area (Å²) < 4.78 is 19.4. The second-order valence-electron chi connectivity index (χ2n) is 8.53. The predicted octanol–water partition coefficient (Wildman–Crippen LogP) is 2.82. The zero-order valence-electron chi connectivity index (χ0n) is 17.9. The third-order valence-electron chi connectivity index (χ3n) is 6.01. The number of rotatable bonds is 4. The quantitative estimate of drug-likeness (QED) is 0.786. The Bertz CT molecular complexity index is 938. The van der Waals surface area contributed by atoms with Gasteiger partial charge >= 0.3 is 0 Å². The van der Waals surface area contributed by atoms with Crippen molar-refractivity contribution in [1.29, 1.82) is 0 Å². The highest BCUT2D eigenvalue weighted by Gasteiger charge is 2.44. The van der Waals surface area contributed by atoms with Gasteiger partial charge in [-0.2, -0.15) is 0 Å². The van der Waals surface area contributed by atoms with E-state index in [4.69, 9.17) is 4.74 Å². The molecule has 4 rings (SSSR count). The molecule has 2 aliphatic heterocycles. The highest BCUT2D eigenvalue weighted by molar-refractivity contribution is 7.13. The minimum absolute atomic E-state index is 0.0747. The molecule has 2 amide bonds. The van der Waals surface area contributed by atoms with E-state index in [0.717, 1.165) is 21.9 Å². The molecule has 1 N–H and O–H groups in total. The first-order chi connectivity index (χ1) is 14.8. The molecule has 0 bridgehead atoms. The molecule has 0 aliphatic carbocycles. The molecule has 1 atom stereocenters. The van der Waals surface area contributed by atoms with Crippen LogP contribution in [0.2, 0.25) is 0 Å². The molecular weight excluding hydrogens is 417 g/mol. The smallest absolute Gasteiger partial charge is 0.263 e. The van der Waals surface area contributed by atoms with Gasteiger partial charge in [-0.1, -0.05) is 12.1 Å². The minimum atomic E-state index is -0.568. The average molecular weight is 446 g/mol. The van der Waals surface area contributed by atoms with Crippen LogP contribution >= 0.6 is 11.3 Å². The lowest BCUT2D eigenvalue weighted by atomic mass is 9.88. The summed E-state index contributed by atoms with van der Waals surface area (Å²) in [5.41, 5.74) is 0.414. The fraction of sp³-hybridized carbons (Fsp3) is 0.478. The Kier molecular flexibility index (Phi) is 6.41. The number of piperidine rings is 1. The number of hydrogen-bond donors (Lipinski definition) is 1. The Morgan fingerprint density at radius 3 is 2.55 bits per heavy atom. The van der Waals surface area contributed by atoms with Gasteiger partial charge in [0.05, 0.1) is 10.5 Å². The lowest BCUT2D eigenvalue weighted by Crippen LogP contribution is -2.61. The molecule has 1 aromatic heterocycles. The molecule has 1 aromatic carbocycles. The normalized spacial score (nSPS) is 21.3. The molecule has 0 saturated carbocycles. The first-order valence-corrected chi connectivity index (χ1v) is 11.4. The van der Waals surface area contributed by atoms with Crippen LogP contribution in [-0.2, 0) is 16.1 Å². The van der Waals surface area contributed by atoms with E-state index in [9.17, 15) is 14.0 Å². The second-order valence-corrected chi connectivity index (χ2v) is 9.82. The fourth-order valence-corrected chi connectivity index (χ4v) is 5.19. The van der Waals surface area contributed by atoms with Gasteiger partial charge in [-0.05, 0) is 56.6 Å². The van der Waals surface area contributed by atoms with Crippen LogP contribution in [0.5, 0.6) is 0 Å². The van der Waals surface area contributed by atoms with E-state index in [0.29, 0.717) is 39.0 Å². The number of carbonyl (C=O) groups excluding carboxylic acids is 2. The Morgan fingerprint density at radius 1 is 1.19 bits per heavy atom. The van der Waals surface area contributed by atoms with Crippen molar-refractivity contribution < 1.29 is 18.7 Å². The number of likely N-dealkylation sites (N-methyl/N-ethyl adjacent to an activating group) is 1. The van der Waals surface area contributed by atoms with Gasteiger partial charge < -0.3 is 19.9 Å². The minimum Gasteiger partial charge on any atom is -0.359 e. The SMILES string of the molecule is Cc1ccc(C(=O)N2CCC3(CC2)CN(C)C[C@@H](C(=O)NCc2ccc(F)cc2)O3)s1. The van der Waals surface area contributed by atoms with E-state index in [2.05, 4.69) is 10.2 Å². The van der Waals surface area contributed by atoms with E-state index >= 15 is 0 Å². The maximum atomic E-state index is 13.1. The summed E-state index contributed by atoms with van der Waals surface area (Å²) >= 11 is 1.52. The number of ether oxygens (including phenoxy) is 1. The van der Waals surface area contributed by atoms with Gasteiger partial charge in [0, 0.05) is 37.6 Å². The van der Waals surface area contributed by atoms with E-state index in [1.807, 2.05) is 31.0 Å². The summed E-state index contributed by atoms with van der Waals surface area (Å²) in [7, 11) is 2.00. The maximum absolute atomic E-state index is 13.1. The number of morpholine rings is 1. The van der Waals surface area contributed by atoms with Crippen LogP contribution in [0.3, 0.4) is 0 Å². The van der Waals surface area contributed by atoms with E-state index in [1.54, 1.807) is 12.1 Å². The number of aryl methyl sites for hydroxylation is 1. The summed E-state index contributed by atoms with van der Waals surface area (Å²) in [5, 5.41) is 2.91. The van der Waals surface area contributed by atoms with Crippen LogP contribution in [0.15, 0.2) is 36.4 Å². The summed E-state index contributed by atoms with van der Waals surface area (Å²) in [4.78, 5) is 31.4. The number of amides is 2. The van der Waals surface area contributed by atoms with Gasteiger partial charge in [-0.15, -0.1) is 11.3 Å². The van der Waals surface area contributed by atoms with Crippen LogP contribution in [0, 0.1) is 12.7 Å². The number of likely N-dealkylation sites (tertiary alicyclic amines) is 1. The van der Waals surface area contributed by atoms with Gasteiger partial charge in [-0.3, -0.25) is 9.59 Å². The molecule has 31 heavy (non-hydrogen) atoms. The van der Waals surface area contributed by atoms with Gasteiger partial charge in [0.25, 0.3) is 11.8 Å². The lowest BCUT2D eigenvalue weighted by molar-refractivity contribution is -0.180. The maximum Gasteiger partial charge on any atom is 0.263 e. The van der Waals surface area contributed by atoms with Crippen LogP contribution in [0.25, 0.3) is 0 Å². The Labute approximate surface area is 186 Å². The third-order valence-corrected chi connectivity index (χ3v) is 7.00. The van der Waals surface area contributed by atoms with Crippen molar-refractivity contribution in [1.82, 2.24) is 15.1 Å². The Hall–Kier alpha value is -2.29. The van der Waals surface area contributed by atoms with Gasteiger partial charge in [0.2, 0.25) is 0 Å². The van der Waals surface area contributed by atoms with Gasteiger partial charge in [0.1, 0.15) is 11.9 Å². The van der Waals surface area contributed by atoms with Crippen LogP contribution in [0.4, 0.5) is 4.39 Å². The number of hydrogen-bond acceptors (Lipinski definition) is 5. The van der Waals surface area contributed by atoms with Crippen molar-refractivity contribution in [2.24, 2.45) is 0 Å². The van der Waals surface area contributed by atoms with Gasteiger partial charge in [-0.25, -0.2) is 4.39 Å². The molecule has 3 heterocycles. The Morgan fingerprint density at radius 2 is 1.90 bits per heavy atom. The molecule has 2 aromatic rings. The number of nitrogens with zero attached hydrogens (tertiary/aromatic N) is 2. The summed E-state index contributed by atoms with van der Waals surface area (Å²) in [6.45, 7) is 4.84. The van der Waals surface area contributed by atoms with Crippen molar-refractivity contribution in [3.05, 3.63) is 57.5 Å². The van der Waals surface area contributed by atoms with Crippen molar-refractivity contribution in [3.63, 3.8) is 0 Å².